The van der Waals surface area contributed by atoms with E-state index in [-0.39, 0.29) is 17.0 Å². The number of allylic oxidation sites excluding steroid dienone is 1. The highest BCUT2D eigenvalue weighted by molar-refractivity contribution is 5.91. The molecule has 0 saturated carbocycles. The monoisotopic (exact) mass is 393 g/mol. The van der Waals surface area contributed by atoms with E-state index in [4.69, 9.17) is 10.5 Å². The van der Waals surface area contributed by atoms with Crippen LogP contribution in [0.5, 0.6) is 5.75 Å². The Morgan fingerprint density at radius 2 is 1.77 bits per heavy atom. The number of hydrogen-bond acceptors (Lipinski definition) is 4. The van der Waals surface area contributed by atoms with Crippen molar-refractivity contribution in [2.24, 2.45) is 5.73 Å². The highest BCUT2D eigenvalue weighted by Crippen LogP contribution is 2.44. The molecule has 146 valence electrons. The number of fused-ring (bicyclic) bond motifs is 4. The van der Waals surface area contributed by atoms with Gasteiger partial charge in [0.15, 0.2) is 0 Å². The van der Waals surface area contributed by atoms with Gasteiger partial charge in [-0.1, -0.05) is 48.5 Å². The van der Waals surface area contributed by atoms with Crippen molar-refractivity contribution in [2.75, 3.05) is 0 Å². The van der Waals surface area contributed by atoms with Crippen LogP contribution in [0.25, 0.3) is 21.7 Å². The number of aryl methyl sites for hydroxylation is 2. The maximum atomic E-state index is 13.2. The number of nitrogens with one attached hydrogen (secondary N) is 1. The van der Waals surface area contributed by atoms with Crippen molar-refractivity contribution >= 4 is 21.7 Å². The average Bonchev–Trinajstić information content (AvgIpc) is 2.75. The molecule has 3 aromatic carbocycles. The Morgan fingerprint density at radius 1 is 1.00 bits per heavy atom. The number of rotatable bonds is 1. The second-order valence-electron chi connectivity index (χ2n) is 7.67. The lowest BCUT2D eigenvalue weighted by Gasteiger charge is -2.27. The van der Waals surface area contributed by atoms with Crippen molar-refractivity contribution in [3.05, 3.63) is 98.7 Å². The molecule has 1 aliphatic rings. The van der Waals surface area contributed by atoms with Crippen LogP contribution in [-0.2, 0) is 0 Å². The quantitative estimate of drug-likeness (QED) is 0.497. The van der Waals surface area contributed by atoms with E-state index in [1.807, 2.05) is 68.4 Å². The first kappa shape index (κ1) is 18.0. The van der Waals surface area contributed by atoms with Crippen molar-refractivity contribution < 1.29 is 4.74 Å². The van der Waals surface area contributed by atoms with Gasteiger partial charge in [-0.05, 0) is 36.4 Å². The van der Waals surface area contributed by atoms with Gasteiger partial charge in [0.25, 0.3) is 5.56 Å². The summed E-state index contributed by atoms with van der Waals surface area (Å²) in [6.07, 6.45) is 0. The van der Waals surface area contributed by atoms with E-state index in [2.05, 4.69) is 11.1 Å². The summed E-state index contributed by atoms with van der Waals surface area (Å²) < 4.78 is 5.89. The fourth-order valence-electron chi connectivity index (χ4n) is 4.31. The molecule has 0 spiro atoms. The smallest absolute Gasteiger partial charge is 0.252 e. The number of ether oxygens (including phenoxy) is 1. The van der Waals surface area contributed by atoms with E-state index in [1.165, 1.54) is 0 Å². The average molecular weight is 393 g/mol. The third-order valence-electron chi connectivity index (χ3n) is 5.89. The molecule has 4 aromatic rings. The number of hydrogen-bond donors (Lipinski definition) is 2. The molecular weight excluding hydrogens is 374 g/mol. The van der Waals surface area contributed by atoms with Crippen LogP contribution in [0.15, 0.2) is 70.8 Å². The molecule has 0 fully saturated rings. The largest absolute Gasteiger partial charge is 0.440 e. The summed E-state index contributed by atoms with van der Waals surface area (Å²) >= 11 is 0. The molecule has 5 nitrogen and oxygen atoms in total. The van der Waals surface area contributed by atoms with Crippen LogP contribution in [0.1, 0.15) is 28.2 Å². The first-order valence-corrected chi connectivity index (χ1v) is 9.72. The lowest BCUT2D eigenvalue weighted by Crippen LogP contribution is -2.25. The van der Waals surface area contributed by atoms with Gasteiger partial charge in [-0.15, -0.1) is 0 Å². The van der Waals surface area contributed by atoms with Gasteiger partial charge >= 0.3 is 0 Å². The summed E-state index contributed by atoms with van der Waals surface area (Å²) in [6, 6.07) is 19.8. The summed E-state index contributed by atoms with van der Waals surface area (Å²) in [5, 5.41) is 12.7. The minimum atomic E-state index is -0.601. The van der Waals surface area contributed by atoms with E-state index >= 15 is 0 Å². The van der Waals surface area contributed by atoms with E-state index in [0.717, 1.165) is 38.4 Å². The standard InChI is InChI=1S/C25H19N3O2/c1-13-7-8-14(2)22-18(13)11-19(25(29)28-22)21-17-10-9-15-5-3-4-6-16(15)23(17)30-24(27)20(21)12-26/h3-11,21H,27H2,1-2H3,(H,28,29)/t21-/m1/s1. The zero-order valence-electron chi connectivity index (χ0n) is 16.6. The van der Waals surface area contributed by atoms with Gasteiger partial charge in [-0.25, -0.2) is 0 Å². The number of nitrogens with two attached hydrogens (primary N) is 1. The molecule has 5 rings (SSSR count). The second kappa shape index (κ2) is 6.50. The normalized spacial score (nSPS) is 15.7. The molecule has 3 N–H and O–H groups in total. The Labute approximate surface area is 173 Å². The predicted octanol–water partition coefficient (Wildman–Crippen LogP) is 4.52. The number of pyridine rings is 1. The summed E-state index contributed by atoms with van der Waals surface area (Å²) in [6.45, 7) is 3.97. The van der Waals surface area contributed by atoms with Gasteiger partial charge in [-0.2, -0.15) is 5.26 Å². The minimum Gasteiger partial charge on any atom is -0.440 e. The van der Waals surface area contributed by atoms with Crippen molar-refractivity contribution in [1.82, 2.24) is 4.98 Å². The number of benzene rings is 3. The van der Waals surface area contributed by atoms with E-state index in [9.17, 15) is 10.1 Å². The molecule has 0 radical (unpaired) electrons. The third kappa shape index (κ3) is 2.51. The number of nitrogens with zero attached hydrogens (tertiary/aromatic N) is 1. The summed E-state index contributed by atoms with van der Waals surface area (Å²) in [5.41, 5.74) is 10.3. The Balaban J connectivity index is 1.86. The van der Waals surface area contributed by atoms with Gasteiger partial charge in [0.1, 0.15) is 17.4 Å². The zero-order valence-corrected chi connectivity index (χ0v) is 16.6. The fraction of sp³-hybridized carbons (Fsp3) is 0.120. The predicted molar refractivity (Wildman–Crippen MR) is 117 cm³/mol. The molecule has 0 aliphatic carbocycles. The van der Waals surface area contributed by atoms with Crippen LogP contribution in [-0.4, -0.2) is 4.98 Å². The van der Waals surface area contributed by atoms with Crippen molar-refractivity contribution in [3.8, 4) is 11.8 Å². The summed E-state index contributed by atoms with van der Waals surface area (Å²) in [7, 11) is 0. The van der Waals surface area contributed by atoms with Crippen LogP contribution in [0, 0.1) is 25.2 Å². The van der Waals surface area contributed by atoms with E-state index in [0.29, 0.717) is 11.3 Å². The van der Waals surface area contributed by atoms with Gasteiger partial charge in [0.2, 0.25) is 5.88 Å². The lowest BCUT2D eigenvalue weighted by atomic mass is 9.82. The minimum absolute atomic E-state index is 0.0341. The summed E-state index contributed by atoms with van der Waals surface area (Å²) in [4.78, 5) is 16.2. The SMILES string of the molecule is Cc1ccc(C)c2[nH]c(=O)c([C@@H]3C(C#N)=C(N)Oc4c3ccc3ccccc43)cc12. The molecule has 30 heavy (non-hydrogen) atoms. The Kier molecular flexibility index (Phi) is 3.90. The molecule has 2 heterocycles. The second-order valence-corrected chi connectivity index (χ2v) is 7.67. The molecule has 5 heteroatoms. The van der Waals surface area contributed by atoms with E-state index < -0.39 is 5.92 Å². The Morgan fingerprint density at radius 3 is 2.57 bits per heavy atom. The lowest BCUT2D eigenvalue weighted by molar-refractivity contribution is 0.398. The fourth-order valence-corrected chi connectivity index (χ4v) is 4.31. The molecule has 1 aromatic heterocycles. The van der Waals surface area contributed by atoms with Crippen molar-refractivity contribution in [1.29, 1.82) is 5.26 Å². The van der Waals surface area contributed by atoms with Gasteiger partial charge < -0.3 is 15.5 Å². The van der Waals surface area contributed by atoms with Crippen LogP contribution in [0.3, 0.4) is 0 Å². The maximum absolute atomic E-state index is 13.2. The van der Waals surface area contributed by atoms with Crippen molar-refractivity contribution in [2.45, 2.75) is 19.8 Å². The maximum Gasteiger partial charge on any atom is 0.252 e. The first-order valence-electron chi connectivity index (χ1n) is 9.72. The van der Waals surface area contributed by atoms with Crippen LogP contribution < -0.4 is 16.0 Å². The first-order chi connectivity index (χ1) is 14.5. The highest BCUT2D eigenvalue weighted by Gasteiger charge is 2.33. The van der Waals surface area contributed by atoms with Gasteiger partial charge in [0.05, 0.1) is 11.4 Å². The molecule has 0 saturated heterocycles. The molecular formula is C25H19N3O2. The van der Waals surface area contributed by atoms with Crippen molar-refractivity contribution in [3.63, 3.8) is 0 Å². The molecule has 0 amide bonds. The topological polar surface area (TPSA) is 91.9 Å². The number of aromatic nitrogens is 1. The van der Waals surface area contributed by atoms with Crippen LogP contribution in [0.4, 0.5) is 0 Å². The Bertz CT molecular complexity index is 1490. The number of aromatic amines is 1. The van der Waals surface area contributed by atoms with E-state index in [1.54, 1.807) is 0 Å². The molecule has 0 bridgehead atoms. The molecule has 0 unspecified atom stereocenters. The molecule has 1 aliphatic heterocycles. The highest BCUT2D eigenvalue weighted by atomic mass is 16.5. The van der Waals surface area contributed by atoms with Crippen LogP contribution >= 0.6 is 0 Å². The third-order valence-corrected chi connectivity index (χ3v) is 5.89. The van der Waals surface area contributed by atoms with Gasteiger partial charge in [0, 0.05) is 21.9 Å². The number of H-pyrrole nitrogens is 1. The molecule has 1 atom stereocenters. The number of nitriles is 1. The summed E-state index contributed by atoms with van der Waals surface area (Å²) in [5.74, 6) is 0.0262. The zero-order chi connectivity index (χ0) is 21.0. The Hall–Kier alpha value is -4.04. The van der Waals surface area contributed by atoms with Gasteiger partial charge in [-0.3, -0.25) is 4.79 Å². The van der Waals surface area contributed by atoms with Crippen LogP contribution in [0.2, 0.25) is 0 Å².